The maximum atomic E-state index is 11.5. The molecule has 2 nitrogen and oxygen atoms in total. The third kappa shape index (κ3) is 1.53. The first-order valence-corrected chi connectivity index (χ1v) is 5.67. The van der Waals surface area contributed by atoms with Crippen LogP contribution in [-0.2, 0) is 4.79 Å². The van der Waals surface area contributed by atoms with Crippen LogP contribution in [0.5, 0.6) is 0 Å². The van der Waals surface area contributed by atoms with Gasteiger partial charge in [-0.15, -0.1) is 0 Å². The highest BCUT2D eigenvalue weighted by Crippen LogP contribution is 2.29. The van der Waals surface area contributed by atoms with Gasteiger partial charge in [-0.2, -0.15) is 0 Å². The first-order valence-electron chi connectivity index (χ1n) is 5.67. The molecule has 17 heavy (non-hydrogen) atoms. The molecule has 0 aliphatic heterocycles. The van der Waals surface area contributed by atoms with Crippen LogP contribution < -0.4 is 10.4 Å². The van der Waals surface area contributed by atoms with Gasteiger partial charge in [0.25, 0.3) is 0 Å². The minimum atomic E-state index is -0.819. The maximum absolute atomic E-state index is 11.5. The summed E-state index contributed by atoms with van der Waals surface area (Å²) in [7, 11) is 0. The van der Waals surface area contributed by atoms with E-state index in [9.17, 15) is 9.90 Å². The fourth-order valence-electron chi connectivity index (χ4n) is 2.60. The van der Waals surface area contributed by atoms with Gasteiger partial charge in [0.15, 0.2) is 0 Å². The molecule has 0 spiro atoms. The Bertz CT molecular complexity index is 650. The zero-order valence-corrected chi connectivity index (χ0v) is 9.21. The van der Waals surface area contributed by atoms with E-state index in [0.717, 1.165) is 10.4 Å². The van der Waals surface area contributed by atoms with Crippen LogP contribution in [0.25, 0.3) is 11.6 Å². The molecule has 2 aliphatic rings. The summed E-state index contributed by atoms with van der Waals surface area (Å²) in [6, 6.07) is 7.69. The number of carboxylic acids is 1. The third-order valence-electron chi connectivity index (χ3n) is 3.36. The molecule has 0 heterocycles. The molecule has 2 unspecified atom stereocenters. The number of carboxylic acid groups (broad SMARTS) is 1. The van der Waals surface area contributed by atoms with E-state index < -0.39 is 5.97 Å². The Hall–Kier alpha value is -2.09. The third-order valence-corrected chi connectivity index (χ3v) is 3.36. The highest BCUT2D eigenvalue weighted by molar-refractivity contribution is 6.10. The van der Waals surface area contributed by atoms with Crippen LogP contribution in [-0.4, -0.2) is 11.1 Å². The summed E-state index contributed by atoms with van der Waals surface area (Å²) in [6.45, 7) is 0. The summed E-state index contributed by atoms with van der Waals surface area (Å²) in [6.07, 6.45) is 10.1. The van der Waals surface area contributed by atoms with Crippen molar-refractivity contribution in [3.05, 3.63) is 59.0 Å². The number of carbonyl (C=O) groups is 1. The molecule has 1 aromatic rings. The Morgan fingerprint density at radius 1 is 1.12 bits per heavy atom. The lowest BCUT2D eigenvalue weighted by atomic mass is 9.78. The average molecular weight is 224 g/mol. The van der Waals surface area contributed by atoms with E-state index in [4.69, 9.17) is 0 Å². The SMILES string of the molecule is O=C(O)C1=c2ccccc2=CC2C=CC=CC12. The molecule has 0 bridgehead atoms. The standard InChI is InChI=1S/C15H12O2/c16-15(17)14-12-7-3-1-5-10(12)9-11-6-2-4-8-13(11)14/h1-10,12H,(H,16,17). The van der Waals surface area contributed by atoms with E-state index in [0.29, 0.717) is 5.57 Å². The molecule has 0 amide bonds. The molecule has 0 saturated carbocycles. The van der Waals surface area contributed by atoms with E-state index in [-0.39, 0.29) is 11.8 Å². The predicted octanol–water partition coefficient (Wildman–Crippen LogP) is 1.07. The number of fused-ring (bicyclic) bond motifs is 2. The molecule has 1 aromatic carbocycles. The maximum Gasteiger partial charge on any atom is 0.332 e. The van der Waals surface area contributed by atoms with Gasteiger partial charge in [0, 0.05) is 11.8 Å². The van der Waals surface area contributed by atoms with Crippen LogP contribution in [0.15, 0.2) is 48.6 Å². The van der Waals surface area contributed by atoms with E-state index in [1.54, 1.807) is 0 Å². The summed E-state index contributed by atoms with van der Waals surface area (Å²) in [5.41, 5.74) is 0.508. The molecule has 2 heteroatoms. The molecule has 2 aliphatic carbocycles. The van der Waals surface area contributed by atoms with Crippen LogP contribution in [0.1, 0.15) is 0 Å². The molecule has 0 aromatic heterocycles. The van der Waals surface area contributed by atoms with Gasteiger partial charge in [0.1, 0.15) is 0 Å². The monoisotopic (exact) mass is 224 g/mol. The van der Waals surface area contributed by atoms with Gasteiger partial charge in [0.2, 0.25) is 0 Å². The molecule has 1 N–H and O–H groups in total. The van der Waals surface area contributed by atoms with E-state index in [1.807, 2.05) is 42.5 Å². The number of allylic oxidation sites excluding steroid dienone is 4. The number of aliphatic carboxylic acids is 1. The van der Waals surface area contributed by atoms with Gasteiger partial charge in [-0.3, -0.25) is 0 Å². The lowest BCUT2D eigenvalue weighted by Gasteiger charge is -2.25. The van der Waals surface area contributed by atoms with Gasteiger partial charge in [-0.25, -0.2) is 4.79 Å². The number of benzene rings is 1. The van der Waals surface area contributed by atoms with Crippen LogP contribution in [0, 0.1) is 11.8 Å². The quantitative estimate of drug-likeness (QED) is 0.775. The van der Waals surface area contributed by atoms with Crippen molar-refractivity contribution in [3.8, 4) is 0 Å². The van der Waals surface area contributed by atoms with Crippen molar-refractivity contribution in [2.45, 2.75) is 0 Å². The Kier molecular flexibility index (Phi) is 2.22. The first kappa shape index (κ1) is 10.1. The van der Waals surface area contributed by atoms with Crippen molar-refractivity contribution in [2.24, 2.45) is 11.8 Å². The molecule has 0 radical (unpaired) electrons. The van der Waals surface area contributed by atoms with E-state index in [1.165, 1.54) is 0 Å². The second-order valence-corrected chi connectivity index (χ2v) is 4.35. The normalized spacial score (nSPS) is 24.8. The lowest BCUT2D eigenvalue weighted by molar-refractivity contribution is -0.130. The van der Waals surface area contributed by atoms with Gasteiger partial charge in [-0.1, -0.05) is 54.6 Å². The Morgan fingerprint density at radius 2 is 1.88 bits per heavy atom. The van der Waals surface area contributed by atoms with Gasteiger partial charge in [0.05, 0.1) is 5.57 Å². The van der Waals surface area contributed by atoms with Crippen molar-refractivity contribution in [2.75, 3.05) is 0 Å². The fraction of sp³-hybridized carbons (Fsp3) is 0.133. The molecular formula is C15H12O2. The molecular weight excluding hydrogens is 212 g/mol. The van der Waals surface area contributed by atoms with Crippen molar-refractivity contribution < 1.29 is 9.90 Å². The van der Waals surface area contributed by atoms with Crippen molar-refractivity contribution in [1.82, 2.24) is 0 Å². The lowest BCUT2D eigenvalue weighted by Crippen LogP contribution is -2.38. The highest BCUT2D eigenvalue weighted by atomic mass is 16.4. The largest absolute Gasteiger partial charge is 0.478 e. The summed E-state index contributed by atoms with van der Waals surface area (Å²) < 4.78 is 0. The molecule has 3 rings (SSSR count). The van der Waals surface area contributed by atoms with Crippen LogP contribution in [0.3, 0.4) is 0 Å². The zero-order chi connectivity index (χ0) is 11.8. The Morgan fingerprint density at radius 3 is 2.71 bits per heavy atom. The summed E-state index contributed by atoms with van der Waals surface area (Å²) in [4.78, 5) is 11.5. The minimum Gasteiger partial charge on any atom is -0.478 e. The Labute approximate surface area is 98.9 Å². The van der Waals surface area contributed by atoms with E-state index in [2.05, 4.69) is 12.2 Å². The Balaban J connectivity index is 2.38. The predicted molar refractivity (Wildman–Crippen MR) is 66.5 cm³/mol. The zero-order valence-electron chi connectivity index (χ0n) is 9.21. The number of hydrogen-bond donors (Lipinski definition) is 1. The van der Waals surface area contributed by atoms with E-state index >= 15 is 0 Å². The number of rotatable bonds is 1. The molecule has 2 atom stereocenters. The summed E-state index contributed by atoms with van der Waals surface area (Å²) in [5, 5.41) is 11.3. The van der Waals surface area contributed by atoms with Gasteiger partial charge in [-0.05, 0) is 10.4 Å². The second-order valence-electron chi connectivity index (χ2n) is 4.35. The van der Waals surface area contributed by atoms with Crippen molar-refractivity contribution >= 4 is 17.6 Å². The van der Waals surface area contributed by atoms with Gasteiger partial charge >= 0.3 is 5.97 Å². The van der Waals surface area contributed by atoms with Crippen molar-refractivity contribution in [3.63, 3.8) is 0 Å². The minimum absolute atomic E-state index is 0.0348. The fourth-order valence-corrected chi connectivity index (χ4v) is 2.60. The highest BCUT2D eigenvalue weighted by Gasteiger charge is 2.28. The van der Waals surface area contributed by atoms with Crippen LogP contribution >= 0.6 is 0 Å². The average Bonchev–Trinajstić information content (AvgIpc) is 2.35. The number of hydrogen-bond acceptors (Lipinski definition) is 1. The van der Waals surface area contributed by atoms with Crippen molar-refractivity contribution in [1.29, 1.82) is 0 Å². The van der Waals surface area contributed by atoms with Crippen LogP contribution in [0.4, 0.5) is 0 Å². The topological polar surface area (TPSA) is 37.3 Å². The summed E-state index contributed by atoms with van der Waals surface area (Å²) >= 11 is 0. The molecule has 0 fully saturated rings. The molecule has 84 valence electrons. The molecule has 0 saturated heterocycles. The first-order chi connectivity index (χ1) is 8.27. The smallest absolute Gasteiger partial charge is 0.332 e. The van der Waals surface area contributed by atoms with Gasteiger partial charge < -0.3 is 5.11 Å². The second kappa shape index (κ2) is 3.74. The summed E-state index contributed by atoms with van der Waals surface area (Å²) in [5.74, 6) is -0.686. The van der Waals surface area contributed by atoms with Crippen LogP contribution in [0.2, 0.25) is 0 Å².